The minimum absolute atomic E-state index is 0.566. The van der Waals surface area contributed by atoms with Crippen LogP contribution in [0.15, 0.2) is 11.1 Å². The van der Waals surface area contributed by atoms with Crippen LogP contribution in [0.3, 0.4) is 0 Å². The van der Waals surface area contributed by atoms with Gasteiger partial charge in [-0.05, 0) is 62.5 Å². The molecular formula is C19H30N4OS. The molecule has 25 heavy (non-hydrogen) atoms. The van der Waals surface area contributed by atoms with Gasteiger partial charge < -0.3 is 4.74 Å². The molecule has 1 aromatic rings. The molecule has 2 spiro atoms. The third-order valence-electron chi connectivity index (χ3n) is 7.05. The number of piperidine rings is 1. The summed E-state index contributed by atoms with van der Waals surface area (Å²) in [6.07, 6.45) is 7.05. The number of nitrogens with zero attached hydrogens (tertiary/aromatic N) is 4. The van der Waals surface area contributed by atoms with Gasteiger partial charge in [-0.15, -0.1) is 0 Å². The van der Waals surface area contributed by atoms with Gasteiger partial charge in [-0.25, -0.2) is 4.31 Å². The van der Waals surface area contributed by atoms with Crippen molar-refractivity contribution in [2.75, 3.05) is 39.4 Å². The van der Waals surface area contributed by atoms with Crippen LogP contribution in [0.25, 0.3) is 0 Å². The molecule has 0 aromatic carbocycles. The number of hydrogen-bond acceptors (Lipinski definition) is 5. The minimum atomic E-state index is 0.566. The Bertz CT molecular complexity index is 640. The first-order chi connectivity index (χ1) is 12.0. The Morgan fingerprint density at radius 3 is 2.52 bits per heavy atom. The van der Waals surface area contributed by atoms with E-state index in [1.807, 2.05) is 16.6 Å². The first-order valence-electron chi connectivity index (χ1n) is 9.80. The van der Waals surface area contributed by atoms with Gasteiger partial charge in [-0.2, -0.15) is 5.10 Å². The van der Waals surface area contributed by atoms with Crippen LogP contribution in [0.1, 0.15) is 37.8 Å². The molecular weight excluding hydrogens is 332 g/mol. The predicted molar refractivity (Wildman–Crippen MR) is 99.5 cm³/mol. The molecule has 0 N–H and O–H groups in total. The maximum atomic E-state index is 5.43. The van der Waals surface area contributed by atoms with E-state index in [1.165, 1.54) is 63.3 Å². The van der Waals surface area contributed by atoms with E-state index in [2.05, 4.69) is 34.3 Å². The van der Waals surface area contributed by atoms with Crippen LogP contribution in [0, 0.1) is 17.8 Å². The van der Waals surface area contributed by atoms with Gasteiger partial charge in [0, 0.05) is 44.7 Å². The van der Waals surface area contributed by atoms with Crippen LogP contribution in [0.2, 0.25) is 0 Å². The van der Waals surface area contributed by atoms with Gasteiger partial charge in [0.15, 0.2) is 0 Å². The predicted octanol–water partition coefficient (Wildman–Crippen LogP) is 2.70. The number of ether oxygens (including phenoxy) is 1. The van der Waals surface area contributed by atoms with Gasteiger partial charge in [0.05, 0.1) is 18.9 Å². The molecule has 5 rings (SSSR count). The largest absolute Gasteiger partial charge is 0.380 e. The molecule has 4 heterocycles. The van der Waals surface area contributed by atoms with Gasteiger partial charge >= 0.3 is 0 Å². The van der Waals surface area contributed by atoms with Crippen molar-refractivity contribution >= 4 is 11.9 Å². The van der Waals surface area contributed by atoms with Crippen molar-refractivity contribution in [2.45, 2.75) is 50.1 Å². The van der Waals surface area contributed by atoms with E-state index < -0.39 is 0 Å². The molecule has 0 amide bonds. The summed E-state index contributed by atoms with van der Waals surface area (Å²) in [5.74, 6) is 0. The second-order valence-corrected chi connectivity index (χ2v) is 10.2. The Morgan fingerprint density at radius 1 is 1.16 bits per heavy atom. The van der Waals surface area contributed by atoms with Crippen LogP contribution in [-0.2, 0) is 11.8 Å². The highest BCUT2D eigenvalue weighted by atomic mass is 32.2. The number of rotatable bonds is 3. The topological polar surface area (TPSA) is 33.5 Å². The molecule has 4 fully saturated rings. The summed E-state index contributed by atoms with van der Waals surface area (Å²) < 4.78 is 10.00. The molecule has 1 aliphatic carbocycles. The number of aromatic nitrogens is 2. The fourth-order valence-corrected chi connectivity index (χ4v) is 6.46. The molecule has 1 saturated carbocycles. The maximum Gasteiger partial charge on any atom is 0.109 e. The molecule has 1 aromatic heterocycles. The van der Waals surface area contributed by atoms with Crippen molar-refractivity contribution in [3.63, 3.8) is 0 Å². The lowest BCUT2D eigenvalue weighted by Gasteiger charge is -2.57. The SMILES string of the molecule is Cc1cc(SN2CCC3(CCC(N4CC5(COC5)C4)C3)CC2)n(C)n1. The van der Waals surface area contributed by atoms with Crippen molar-refractivity contribution in [3.05, 3.63) is 11.8 Å². The minimum Gasteiger partial charge on any atom is -0.380 e. The van der Waals surface area contributed by atoms with Crippen molar-refractivity contribution in [1.29, 1.82) is 0 Å². The third kappa shape index (κ3) is 2.95. The number of aryl methyl sites for hydroxylation is 2. The first kappa shape index (κ1) is 16.6. The molecule has 4 aliphatic rings. The summed E-state index contributed by atoms with van der Waals surface area (Å²) in [4.78, 5) is 2.76. The normalized spacial score (nSPS) is 31.4. The van der Waals surface area contributed by atoms with Crippen LogP contribution in [0.5, 0.6) is 0 Å². The fraction of sp³-hybridized carbons (Fsp3) is 0.842. The summed E-state index contributed by atoms with van der Waals surface area (Å²) in [5, 5.41) is 5.74. The molecule has 3 saturated heterocycles. The Morgan fingerprint density at radius 2 is 1.92 bits per heavy atom. The zero-order chi connectivity index (χ0) is 17.1. The summed E-state index contributed by atoms with van der Waals surface area (Å²) in [6, 6.07) is 3.05. The number of hydrogen-bond donors (Lipinski definition) is 0. The van der Waals surface area contributed by atoms with Gasteiger partial charge in [-0.3, -0.25) is 9.58 Å². The van der Waals surface area contributed by atoms with Crippen molar-refractivity contribution in [1.82, 2.24) is 19.0 Å². The quantitative estimate of drug-likeness (QED) is 0.772. The van der Waals surface area contributed by atoms with E-state index in [-0.39, 0.29) is 0 Å². The smallest absolute Gasteiger partial charge is 0.109 e. The molecule has 138 valence electrons. The molecule has 5 nitrogen and oxygen atoms in total. The zero-order valence-electron chi connectivity index (χ0n) is 15.5. The molecule has 0 bridgehead atoms. The van der Waals surface area contributed by atoms with Crippen LogP contribution < -0.4 is 0 Å². The standard InChI is InChI=1S/C19H30N4OS/c1-15-9-17(21(2)20-15)25-23-7-5-18(6-8-23)4-3-16(10-18)22-11-19(12-22)13-24-14-19/h9,16H,3-8,10-14H2,1-2H3. The van der Waals surface area contributed by atoms with Crippen molar-refractivity contribution in [3.8, 4) is 0 Å². The third-order valence-corrected chi connectivity index (χ3v) is 8.24. The summed E-state index contributed by atoms with van der Waals surface area (Å²) in [6.45, 7) is 9.15. The van der Waals surface area contributed by atoms with Gasteiger partial charge in [0.25, 0.3) is 0 Å². The lowest BCUT2D eigenvalue weighted by molar-refractivity contribution is -0.198. The molecule has 3 aliphatic heterocycles. The lowest BCUT2D eigenvalue weighted by Crippen LogP contribution is -2.67. The van der Waals surface area contributed by atoms with Gasteiger partial charge in [0.1, 0.15) is 5.03 Å². The van der Waals surface area contributed by atoms with E-state index >= 15 is 0 Å². The molecule has 1 unspecified atom stereocenters. The van der Waals surface area contributed by atoms with Gasteiger partial charge in [-0.1, -0.05) is 0 Å². The highest BCUT2D eigenvalue weighted by Crippen LogP contribution is 2.51. The Balaban J connectivity index is 1.13. The Kier molecular flexibility index (Phi) is 3.97. The monoisotopic (exact) mass is 362 g/mol. The number of likely N-dealkylation sites (tertiary alicyclic amines) is 1. The van der Waals surface area contributed by atoms with E-state index in [0.717, 1.165) is 24.9 Å². The summed E-state index contributed by atoms with van der Waals surface area (Å²) >= 11 is 1.90. The van der Waals surface area contributed by atoms with E-state index in [4.69, 9.17) is 4.74 Å². The second kappa shape index (κ2) is 5.98. The Labute approximate surface area is 155 Å². The lowest BCUT2D eigenvalue weighted by atomic mass is 9.75. The fourth-order valence-electron chi connectivity index (χ4n) is 5.45. The van der Waals surface area contributed by atoms with Crippen molar-refractivity contribution in [2.24, 2.45) is 17.9 Å². The highest BCUT2D eigenvalue weighted by molar-refractivity contribution is 7.97. The van der Waals surface area contributed by atoms with Crippen LogP contribution in [-0.4, -0.2) is 64.4 Å². The molecule has 1 atom stereocenters. The average molecular weight is 363 g/mol. The summed E-state index contributed by atoms with van der Waals surface area (Å²) in [5.41, 5.74) is 2.31. The van der Waals surface area contributed by atoms with Crippen molar-refractivity contribution < 1.29 is 4.74 Å². The maximum absolute atomic E-state index is 5.43. The second-order valence-electron chi connectivity index (χ2n) is 9.06. The van der Waals surface area contributed by atoms with E-state index in [1.54, 1.807) is 0 Å². The highest BCUT2D eigenvalue weighted by Gasteiger charge is 2.53. The molecule has 6 heteroatoms. The van der Waals surface area contributed by atoms with E-state index in [0.29, 0.717) is 10.8 Å². The van der Waals surface area contributed by atoms with Gasteiger partial charge in [0.2, 0.25) is 0 Å². The Hall–Kier alpha value is -0.560. The van der Waals surface area contributed by atoms with Crippen LogP contribution >= 0.6 is 11.9 Å². The van der Waals surface area contributed by atoms with Crippen LogP contribution in [0.4, 0.5) is 0 Å². The van der Waals surface area contributed by atoms with E-state index in [9.17, 15) is 0 Å². The zero-order valence-corrected chi connectivity index (χ0v) is 16.4. The average Bonchev–Trinajstić information content (AvgIpc) is 3.03. The summed E-state index contributed by atoms with van der Waals surface area (Å²) in [7, 11) is 2.05. The molecule has 0 radical (unpaired) electrons. The first-order valence-corrected chi connectivity index (χ1v) is 10.6.